The first-order valence-electron chi connectivity index (χ1n) is 11.8. The molecule has 1 amide bonds. The summed E-state index contributed by atoms with van der Waals surface area (Å²) >= 11 is 0. The molecule has 4 rings (SSSR count). The van der Waals surface area contributed by atoms with Gasteiger partial charge in [0, 0.05) is 63.4 Å². The molecule has 2 N–H and O–H groups in total. The molecule has 1 saturated heterocycles. The van der Waals surface area contributed by atoms with Gasteiger partial charge in [0.2, 0.25) is 5.95 Å². The Morgan fingerprint density at radius 1 is 1.00 bits per heavy atom. The molecule has 0 aromatic carbocycles. The van der Waals surface area contributed by atoms with Crippen molar-refractivity contribution in [3.63, 3.8) is 0 Å². The number of rotatable bonds is 6. The molecule has 1 aliphatic rings. The Hall–Kier alpha value is -4.44. The molecule has 0 saturated carbocycles. The van der Waals surface area contributed by atoms with Gasteiger partial charge >= 0.3 is 12.4 Å². The van der Waals surface area contributed by atoms with E-state index in [1.54, 1.807) is 10.00 Å². The van der Waals surface area contributed by atoms with E-state index >= 15 is 0 Å². The summed E-state index contributed by atoms with van der Waals surface area (Å²) in [5.41, 5.74) is -4.75. The summed E-state index contributed by atoms with van der Waals surface area (Å²) in [5, 5.41) is 7.66. The average molecular weight is 572 g/mol. The van der Waals surface area contributed by atoms with Crippen molar-refractivity contribution in [3.05, 3.63) is 74.3 Å². The van der Waals surface area contributed by atoms with Gasteiger partial charge in [-0.05, 0) is 13.0 Å². The number of aromatic amines is 1. The van der Waals surface area contributed by atoms with Crippen LogP contribution in [-0.4, -0.2) is 67.8 Å². The van der Waals surface area contributed by atoms with Crippen LogP contribution in [0.5, 0.6) is 0 Å². The number of amides is 1. The fourth-order valence-electron chi connectivity index (χ4n) is 4.12. The lowest BCUT2D eigenvalue weighted by molar-refractivity contribution is -0.139. The van der Waals surface area contributed by atoms with E-state index in [1.807, 2.05) is 0 Å². The lowest BCUT2D eigenvalue weighted by Gasteiger charge is -2.34. The van der Waals surface area contributed by atoms with Crippen LogP contribution in [0.4, 0.5) is 38.0 Å². The molecule has 40 heavy (non-hydrogen) atoms. The summed E-state index contributed by atoms with van der Waals surface area (Å²) in [5.74, 6) is -0.320. The standard InChI is InChI=1S/C23H22F6N8O3/c1-13(33-16-10-32-34-19(39)18(16)23(27,28)29)11-37-12-14(2-3-17(37)38)20(40)35-4-6-36(7-5-35)21-30-8-15(9-31-21)22(24,25)26/h2-3,8-10,12-13H,4-7,11H2,1H3,(H2,33,34,39). The van der Waals surface area contributed by atoms with Gasteiger partial charge in [0.1, 0.15) is 5.56 Å². The Morgan fingerprint density at radius 3 is 2.25 bits per heavy atom. The normalized spacial score (nSPS) is 15.2. The summed E-state index contributed by atoms with van der Waals surface area (Å²) in [7, 11) is 0. The number of nitrogens with zero attached hydrogens (tertiary/aromatic N) is 6. The van der Waals surface area contributed by atoms with Crippen LogP contribution in [0.2, 0.25) is 0 Å². The molecule has 0 bridgehead atoms. The average Bonchev–Trinajstić information content (AvgIpc) is 2.88. The number of hydrogen-bond donors (Lipinski definition) is 2. The highest BCUT2D eigenvalue weighted by Gasteiger charge is 2.37. The zero-order valence-corrected chi connectivity index (χ0v) is 20.8. The van der Waals surface area contributed by atoms with Crippen molar-refractivity contribution in [3.8, 4) is 0 Å². The number of aromatic nitrogens is 5. The Kier molecular flexibility index (Phi) is 7.84. The minimum Gasteiger partial charge on any atom is -0.379 e. The van der Waals surface area contributed by atoms with Gasteiger partial charge in [-0.15, -0.1) is 0 Å². The van der Waals surface area contributed by atoms with Crippen LogP contribution in [0.3, 0.4) is 0 Å². The maximum Gasteiger partial charge on any atom is 0.423 e. The molecule has 1 fully saturated rings. The van der Waals surface area contributed by atoms with E-state index in [-0.39, 0.29) is 44.2 Å². The van der Waals surface area contributed by atoms with Crippen molar-refractivity contribution < 1.29 is 31.1 Å². The topological polar surface area (TPSA) is 129 Å². The van der Waals surface area contributed by atoms with Gasteiger partial charge in [0.15, 0.2) is 0 Å². The van der Waals surface area contributed by atoms with Crippen molar-refractivity contribution in [2.45, 2.75) is 31.9 Å². The van der Waals surface area contributed by atoms with Crippen LogP contribution in [0.1, 0.15) is 28.4 Å². The van der Waals surface area contributed by atoms with Gasteiger partial charge in [0.25, 0.3) is 17.0 Å². The molecule has 17 heteroatoms. The first kappa shape index (κ1) is 28.6. The van der Waals surface area contributed by atoms with E-state index in [0.717, 1.165) is 16.8 Å². The molecule has 3 aromatic rings. The summed E-state index contributed by atoms with van der Waals surface area (Å²) in [6, 6.07) is 1.70. The van der Waals surface area contributed by atoms with E-state index in [2.05, 4.69) is 20.4 Å². The highest BCUT2D eigenvalue weighted by molar-refractivity contribution is 5.94. The highest BCUT2D eigenvalue weighted by Crippen LogP contribution is 2.32. The fourth-order valence-corrected chi connectivity index (χ4v) is 4.12. The van der Waals surface area contributed by atoms with E-state index in [9.17, 15) is 40.7 Å². The third-order valence-corrected chi connectivity index (χ3v) is 6.06. The van der Waals surface area contributed by atoms with Crippen LogP contribution in [0, 0.1) is 0 Å². The second kappa shape index (κ2) is 11.0. The van der Waals surface area contributed by atoms with Crippen molar-refractivity contribution in [1.29, 1.82) is 0 Å². The van der Waals surface area contributed by atoms with Gasteiger partial charge in [-0.1, -0.05) is 0 Å². The lowest BCUT2D eigenvalue weighted by Crippen LogP contribution is -2.49. The number of H-pyrrole nitrogens is 1. The van der Waals surface area contributed by atoms with Gasteiger partial charge < -0.3 is 19.7 Å². The molecule has 214 valence electrons. The molecule has 0 aliphatic carbocycles. The molecule has 3 aromatic heterocycles. The summed E-state index contributed by atoms with van der Waals surface area (Å²) in [6.45, 7) is 2.27. The molecular formula is C23H22F6N8O3. The van der Waals surface area contributed by atoms with Crippen molar-refractivity contribution in [2.75, 3.05) is 36.4 Å². The van der Waals surface area contributed by atoms with E-state index in [0.29, 0.717) is 12.4 Å². The number of hydrogen-bond acceptors (Lipinski definition) is 8. The Morgan fingerprint density at radius 2 is 1.65 bits per heavy atom. The van der Waals surface area contributed by atoms with Crippen molar-refractivity contribution in [2.24, 2.45) is 0 Å². The van der Waals surface area contributed by atoms with E-state index in [4.69, 9.17) is 0 Å². The van der Waals surface area contributed by atoms with Gasteiger partial charge in [-0.25, -0.2) is 15.1 Å². The zero-order valence-electron chi connectivity index (χ0n) is 20.8. The van der Waals surface area contributed by atoms with Gasteiger partial charge in [0.05, 0.1) is 23.0 Å². The van der Waals surface area contributed by atoms with E-state index < -0.39 is 52.2 Å². The fraction of sp³-hybridized carbons (Fsp3) is 0.391. The molecule has 11 nitrogen and oxygen atoms in total. The SMILES string of the molecule is CC(Cn1cc(C(=O)N2CCN(c3ncc(C(F)(F)F)cn3)CC2)ccc1=O)Nc1cn[nH]c(=O)c1C(F)(F)F. The number of nitrogens with one attached hydrogen (secondary N) is 2. The van der Waals surface area contributed by atoms with Crippen LogP contribution < -0.4 is 21.3 Å². The summed E-state index contributed by atoms with van der Waals surface area (Å²) in [6.07, 6.45) is -6.01. The number of halogens is 6. The maximum atomic E-state index is 13.3. The molecular weight excluding hydrogens is 550 g/mol. The predicted octanol–water partition coefficient (Wildman–Crippen LogP) is 2.22. The highest BCUT2D eigenvalue weighted by atomic mass is 19.4. The minimum atomic E-state index is -4.94. The first-order chi connectivity index (χ1) is 18.7. The molecule has 1 aliphatic heterocycles. The largest absolute Gasteiger partial charge is 0.423 e. The Balaban J connectivity index is 1.41. The smallest absolute Gasteiger partial charge is 0.379 e. The second-order valence-electron chi connectivity index (χ2n) is 8.99. The lowest BCUT2D eigenvalue weighted by atomic mass is 10.2. The quantitative estimate of drug-likeness (QED) is 0.431. The Bertz CT molecular complexity index is 1480. The number of carbonyl (C=O) groups excluding carboxylic acids is 1. The monoisotopic (exact) mass is 572 g/mol. The molecule has 1 unspecified atom stereocenters. The number of anilines is 2. The molecule has 0 spiro atoms. The number of pyridine rings is 1. The van der Waals surface area contributed by atoms with Crippen LogP contribution in [-0.2, 0) is 18.9 Å². The summed E-state index contributed by atoms with van der Waals surface area (Å²) < 4.78 is 79.3. The van der Waals surface area contributed by atoms with Gasteiger partial charge in [-0.3, -0.25) is 14.4 Å². The van der Waals surface area contributed by atoms with Crippen molar-refractivity contribution in [1.82, 2.24) is 29.6 Å². The predicted molar refractivity (Wildman–Crippen MR) is 129 cm³/mol. The minimum absolute atomic E-state index is 0.0967. The zero-order chi connectivity index (χ0) is 29.2. The summed E-state index contributed by atoms with van der Waals surface area (Å²) in [4.78, 5) is 47.8. The second-order valence-corrected chi connectivity index (χ2v) is 8.99. The van der Waals surface area contributed by atoms with E-state index in [1.165, 1.54) is 24.1 Å². The molecule has 0 radical (unpaired) electrons. The number of alkyl halides is 6. The third-order valence-electron chi connectivity index (χ3n) is 6.06. The number of piperazine rings is 1. The maximum absolute atomic E-state index is 13.3. The van der Waals surface area contributed by atoms with Crippen LogP contribution in [0.15, 0.2) is 46.5 Å². The van der Waals surface area contributed by atoms with Gasteiger partial charge in [-0.2, -0.15) is 31.4 Å². The number of carbonyl (C=O) groups is 1. The van der Waals surface area contributed by atoms with Crippen LogP contribution >= 0.6 is 0 Å². The molecule has 4 heterocycles. The Labute approximate surface area is 221 Å². The van der Waals surface area contributed by atoms with Crippen molar-refractivity contribution >= 4 is 17.5 Å². The first-order valence-corrected chi connectivity index (χ1v) is 11.8. The molecule has 1 atom stereocenters. The van der Waals surface area contributed by atoms with Crippen LogP contribution in [0.25, 0.3) is 0 Å². The third kappa shape index (κ3) is 6.40.